The van der Waals surface area contributed by atoms with Crippen LogP contribution in [0.4, 0.5) is 0 Å². The van der Waals surface area contributed by atoms with Gasteiger partial charge in [-0.25, -0.2) is 0 Å². The molecule has 0 aromatic rings. The number of nitrogens with one attached hydrogen (secondary N) is 1. The Morgan fingerprint density at radius 1 is 1.18 bits per heavy atom. The molecule has 2 fully saturated rings. The Kier molecular flexibility index (Phi) is 6.54. The minimum absolute atomic E-state index is 0. The van der Waals surface area contributed by atoms with E-state index in [0.717, 1.165) is 25.1 Å². The summed E-state index contributed by atoms with van der Waals surface area (Å²) < 4.78 is 0. The largest absolute Gasteiger partial charge is 0.359 e. The lowest BCUT2D eigenvalue weighted by Gasteiger charge is -2.32. The Morgan fingerprint density at radius 3 is 2.47 bits per heavy atom. The normalized spacial score (nSPS) is 26.8. The van der Waals surface area contributed by atoms with Gasteiger partial charge in [0.25, 0.3) is 0 Å². The van der Waals surface area contributed by atoms with Crippen molar-refractivity contribution >= 4 is 29.9 Å². The molecular weight excluding hydrogens is 327 g/mol. The summed E-state index contributed by atoms with van der Waals surface area (Å²) in [6, 6.07) is 0.755. The molecule has 0 amide bonds. The fourth-order valence-electron chi connectivity index (χ4n) is 2.93. The number of aliphatic imine (C=N–C) groups is 1. The van der Waals surface area contributed by atoms with Gasteiger partial charge in [0.2, 0.25) is 0 Å². The van der Waals surface area contributed by atoms with Crippen molar-refractivity contribution < 1.29 is 0 Å². The van der Waals surface area contributed by atoms with Gasteiger partial charge >= 0.3 is 0 Å². The lowest BCUT2D eigenvalue weighted by atomic mass is 10.1. The summed E-state index contributed by atoms with van der Waals surface area (Å²) in [6.07, 6.45) is 5.49. The van der Waals surface area contributed by atoms with E-state index in [2.05, 4.69) is 20.1 Å². The topological polar surface area (TPSA) is 30.9 Å². The summed E-state index contributed by atoms with van der Waals surface area (Å²) >= 11 is 0. The molecule has 100 valence electrons. The van der Waals surface area contributed by atoms with Gasteiger partial charge in [-0.1, -0.05) is 6.42 Å². The monoisotopic (exact) mass is 352 g/mol. The minimum Gasteiger partial charge on any atom is -0.359 e. The summed E-state index contributed by atoms with van der Waals surface area (Å²) in [5.41, 5.74) is 0. The van der Waals surface area contributed by atoms with Crippen LogP contribution < -0.4 is 5.32 Å². The first-order valence-electron chi connectivity index (χ1n) is 6.48. The smallest absolute Gasteiger partial charge is 0.193 e. The lowest BCUT2D eigenvalue weighted by Crippen LogP contribution is -2.43. The third-order valence-corrected chi connectivity index (χ3v) is 3.81. The van der Waals surface area contributed by atoms with Crippen LogP contribution in [-0.4, -0.2) is 62.1 Å². The Morgan fingerprint density at radius 2 is 1.88 bits per heavy atom. The second-order valence-electron chi connectivity index (χ2n) is 4.78. The van der Waals surface area contributed by atoms with Crippen molar-refractivity contribution in [3.8, 4) is 0 Å². The van der Waals surface area contributed by atoms with Crippen LogP contribution in [0, 0.1) is 0 Å². The Hall–Kier alpha value is -0.0400. The first kappa shape index (κ1) is 15.0. The summed E-state index contributed by atoms with van der Waals surface area (Å²) in [7, 11) is 3.82. The molecule has 17 heavy (non-hydrogen) atoms. The quantitative estimate of drug-likeness (QED) is 0.439. The van der Waals surface area contributed by atoms with Crippen molar-refractivity contribution in [2.45, 2.75) is 31.7 Å². The number of likely N-dealkylation sites (tertiary alicyclic amines) is 2. The molecule has 2 rings (SSSR count). The Balaban J connectivity index is 0.00000144. The van der Waals surface area contributed by atoms with E-state index in [-0.39, 0.29) is 24.0 Å². The van der Waals surface area contributed by atoms with Gasteiger partial charge in [-0.15, -0.1) is 24.0 Å². The number of nitrogens with zero attached hydrogens (tertiary/aromatic N) is 3. The predicted molar refractivity (Wildman–Crippen MR) is 83.2 cm³/mol. The first-order valence-corrected chi connectivity index (χ1v) is 6.48. The van der Waals surface area contributed by atoms with E-state index >= 15 is 0 Å². The van der Waals surface area contributed by atoms with Gasteiger partial charge < -0.3 is 10.2 Å². The minimum atomic E-state index is 0. The zero-order valence-corrected chi connectivity index (χ0v) is 13.3. The molecule has 0 radical (unpaired) electrons. The molecule has 2 aliphatic rings. The number of guanidine groups is 1. The molecule has 2 heterocycles. The SMILES string of the molecule is CN=C(NC)N1CCC(N2CCCCC2)C1.I. The summed E-state index contributed by atoms with van der Waals surface area (Å²) in [5, 5.41) is 3.17. The second kappa shape index (κ2) is 7.41. The molecule has 1 N–H and O–H groups in total. The van der Waals surface area contributed by atoms with Gasteiger partial charge in [-0.3, -0.25) is 9.89 Å². The summed E-state index contributed by atoms with van der Waals surface area (Å²) in [5.74, 6) is 1.04. The number of hydrogen-bond donors (Lipinski definition) is 1. The molecule has 1 unspecified atom stereocenters. The average molecular weight is 352 g/mol. The third-order valence-electron chi connectivity index (χ3n) is 3.81. The maximum Gasteiger partial charge on any atom is 0.193 e. The van der Waals surface area contributed by atoms with E-state index in [0.29, 0.717) is 0 Å². The van der Waals surface area contributed by atoms with Gasteiger partial charge in [-0.05, 0) is 32.4 Å². The van der Waals surface area contributed by atoms with Crippen LogP contribution in [0.5, 0.6) is 0 Å². The van der Waals surface area contributed by atoms with E-state index in [1.165, 1.54) is 38.8 Å². The van der Waals surface area contributed by atoms with Crippen LogP contribution in [0.2, 0.25) is 0 Å². The molecule has 0 aromatic carbocycles. The van der Waals surface area contributed by atoms with Crippen LogP contribution in [0.3, 0.4) is 0 Å². The van der Waals surface area contributed by atoms with Gasteiger partial charge in [0, 0.05) is 33.2 Å². The zero-order chi connectivity index (χ0) is 11.4. The van der Waals surface area contributed by atoms with Gasteiger partial charge in [0.15, 0.2) is 5.96 Å². The van der Waals surface area contributed by atoms with Crippen LogP contribution in [0.25, 0.3) is 0 Å². The zero-order valence-electron chi connectivity index (χ0n) is 11.0. The van der Waals surface area contributed by atoms with Crippen LogP contribution in [-0.2, 0) is 0 Å². The Bertz CT molecular complexity index is 251. The molecule has 2 aliphatic heterocycles. The maximum absolute atomic E-state index is 4.28. The highest BCUT2D eigenvalue weighted by molar-refractivity contribution is 14.0. The van der Waals surface area contributed by atoms with E-state index in [4.69, 9.17) is 0 Å². The van der Waals surface area contributed by atoms with Crippen LogP contribution in [0.15, 0.2) is 4.99 Å². The van der Waals surface area contributed by atoms with Crippen molar-refractivity contribution in [2.75, 3.05) is 40.3 Å². The van der Waals surface area contributed by atoms with Gasteiger partial charge in [-0.2, -0.15) is 0 Å². The maximum atomic E-state index is 4.28. The van der Waals surface area contributed by atoms with Gasteiger partial charge in [0.1, 0.15) is 0 Å². The van der Waals surface area contributed by atoms with Crippen molar-refractivity contribution in [1.29, 1.82) is 0 Å². The van der Waals surface area contributed by atoms with E-state index in [1.54, 1.807) is 0 Å². The molecule has 0 aliphatic carbocycles. The summed E-state index contributed by atoms with van der Waals surface area (Å²) in [4.78, 5) is 9.33. The molecular formula is C12H25IN4. The molecule has 4 nitrogen and oxygen atoms in total. The van der Waals surface area contributed by atoms with Crippen molar-refractivity contribution in [3.63, 3.8) is 0 Å². The summed E-state index contributed by atoms with van der Waals surface area (Å²) in [6.45, 7) is 4.90. The van der Waals surface area contributed by atoms with Crippen LogP contribution in [0.1, 0.15) is 25.7 Å². The van der Waals surface area contributed by atoms with E-state index < -0.39 is 0 Å². The third kappa shape index (κ3) is 3.71. The molecule has 5 heteroatoms. The highest BCUT2D eigenvalue weighted by atomic mass is 127. The van der Waals surface area contributed by atoms with Crippen LogP contribution >= 0.6 is 24.0 Å². The molecule has 0 saturated carbocycles. The van der Waals surface area contributed by atoms with Gasteiger partial charge in [0.05, 0.1) is 0 Å². The molecule has 2 saturated heterocycles. The average Bonchev–Trinajstić information content (AvgIpc) is 2.81. The van der Waals surface area contributed by atoms with E-state index in [1.807, 2.05) is 14.1 Å². The van der Waals surface area contributed by atoms with Crippen molar-refractivity contribution in [3.05, 3.63) is 0 Å². The fourth-order valence-corrected chi connectivity index (χ4v) is 2.93. The van der Waals surface area contributed by atoms with Crippen molar-refractivity contribution in [2.24, 2.45) is 4.99 Å². The predicted octanol–water partition coefficient (Wildman–Crippen LogP) is 1.37. The lowest BCUT2D eigenvalue weighted by molar-refractivity contribution is 0.168. The number of halogens is 1. The molecule has 1 atom stereocenters. The molecule has 0 aromatic heterocycles. The highest BCUT2D eigenvalue weighted by Gasteiger charge is 2.29. The highest BCUT2D eigenvalue weighted by Crippen LogP contribution is 2.19. The first-order chi connectivity index (χ1) is 7.85. The number of rotatable bonds is 1. The molecule has 0 spiro atoms. The standard InChI is InChI=1S/C12H24N4.HI/c1-13-12(14-2)16-9-6-11(10-16)15-7-4-3-5-8-15;/h11H,3-10H2,1-2H3,(H,13,14);1H. The van der Waals surface area contributed by atoms with E-state index in [9.17, 15) is 0 Å². The number of piperidine rings is 1. The second-order valence-corrected chi connectivity index (χ2v) is 4.78. The number of hydrogen-bond acceptors (Lipinski definition) is 2. The van der Waals surface area contributed by atoms with Crippen molar-refractivity contribution in [1.82, 2.24) is 15.1 Å². The molecule has 0 bridgehead atoms. The Labute approximate surface area is 122 Å². The fraction of sp³-hybridized carbons (Fsp3) is 0.917.